The Balaban J connectivity index is 2.83. The molecular weight excluding hydrogens is 244 g/mol. The van der Waals surface area contributed by atoms with E-state index >= 15 is 0 Å². The predicted molar refractivity (Wildman–Crippen MR) is 59.9 cm³/mol. The molecule has 1 rings (SSSR count). The Kier molecular flexibility index (Phi) is 3.89. The van der Waals surface area contributed by atoms with Gasteiger partial charge >= 0.3 is 5.97 Å². The number of carbonyl (C=O) groups excluding carboxylic acids is 1. The van der Waals surface area contributed by atoms with Crippen LogP contribution in [0.25, 0.3) is 6.08 Å². The summed E-state index contributed by atoms with van der Waals surface area (Å²) >= 11 is 3.42. The number of hydrogen-bond acceptors (Lipinski definition) is 2. The smallest absolute Gasteiger partial charge is 0.330 e. The molecule has 0 spiro atoms. The third-order valence-electron chi connectivity index (χ3n) is 1.81. The van der Waals surface area contributed by atoms with Crippen molar-refractivity contribution in [3.05, 3.63) is 39.9 Å². The molecule has 74 valence electrons. The van der Waals surface area contributed by atoms with Crippen LogP contribution < -0.4 is 0 Å². The average molecular weight is 255 g/mol. The third-order valence-corrected chi connectivity index (χ3v) is 2.66. The zero-order valence-corrected chi connectivity index (χ0v) is 9.67. The molecule has 3 heteroatoms. The lowest BCUT2D eigenvalue weighted by Gasteiger charge is -1.98. The normalized spacial score (nSPS) is 10.5. The molecule has 1 aromatic carbocycles. The van der Waals surface area contributed by atoms with Gasteiger partial charge in [0.05, 0.1) is 7.11 Å². The molecule has 0 bridgehead atoms. The van der Waals surface area contributed by atoms with Crippen LogP contribution in [-0.4, -0.2) is 13.1 Å². The second-order valence-electron chi connectivity index (χ2n) is 2.87. The fourth-order valence-corrected chi connectivity index (χ4v) is 1.34. The lowest BCUT2D eigenvalue weighted by atomic mass is 10.1. The molecule has 0 aromatic heterocycles. The summed E-state index contributed by atoms with van der Waals surface area (Å²) in [5.41, 5.74) is 2.13. The second-order valence-corrected chi connectivity index (χ2v) is 3.72. The molecule has 0 saturated heterocycles. The van der Waals surface area contributed by atoms with E-state index in [1.807, 2.05) is 25.1 Å². The highest BCUT2D eigenvalue weighted by Crippen LogP contribution is 2.18. The molecule has 0 heterocycles. The first-order valence-corrected chi connectivity index (χ1v) is 4.95. The summed E-state index contributed by atoms with van der Waals surface area (Å²) in [5.74, 6) is -0.346. The van der Waals surface area contributed by atoms with Crippen LogP contribution in [0.4, 0.5) is 0 Å². The van der Waals surface area contributed by atoms with Crippen LogP contribution in [0.2, 0.25) is 0 Å². The maximum Gasteiger partial charge on any atom is 0.330 e. The molecule has 0 radical (unpaired) electrons. The first kappa shape index (κ1) is 11.0. The van der Waals surface area contributed by atoms with Crippen molar-refractivity contribution in [3.63, 3.8) is 0 Å². The first-order chi connectivity index (χ1) is 6.63. The highest BCUT2D eigenvalue weighted by atomic mass is 79.9. The van der Waals surface area contributed by atoms with Gasteiger partial charge in [0.15, 0.2) is 0 Å². The van der Waals surface area contributed by atoms with Crippen molar-refractivity contribution in [1.29, 1.82) is 0 Å². The largest absolute Gasteiger partial charge is 0.466 e. The minimum atomic E-state index is -0.346. The van der Waals surface area contributed by atoms with Gasteiger partial charge in [0.1, 0.15) is 0 Å². The van der Waals surface area contributed by atoms with Gasteiger partial charge < -0.3 is 4.74 Å². The van der Waals surface area contributed by atoms with Gasteiger partial charge in [-0.15, -0.1) is 0 Å². The standard InChI is InChI=1S/C11H11BrO2/c1-8-3-4-9(7-10(8)12)5-6-11(13)14-2/h3-7H,1-2H3. The molecule has 0 unspecified atom stereocenters. The Morgan fingerprint density at radius 2 is 2.21 bits per heavy atom. The Morgan fingerprint density at radius 1 is 1.50 bits per heavy atom. The monoisotopic (exact) mass is 254 g/mol. The molecule has 0 aliphatic rings. The van der Waals surface area contributed by atoms with Gasteiger partial charge in [-0.2, -0.15) is 0 Å². The minimum absolute atomic E-state index is 0.346. The molecule has 0 fully saturated rings. The molecule has 0 atom stereocenters. The predicted octanol–water partition coefficient (Wildman–Crippen LogP) is 2.94. The van der Waals surface area contributed by atoms with E-state index < -0.39 is 0 Å². The van der Waals surface area contributed by atoms with Gasteiger partial charge in [0.25, 0.3) is 0 Å². The number of esters is 1. The van der Waals surface area contributed by atoms with Crippen LogP contribution in [0.1, 0.15) is 11.1 Å². The fourth-order valence-electron chi connectivity index (χ4n) is 0.945. The van der Waals surface area contributed by atoms with Crippen LogP contribution in [0.5, 0.6) is 0 Å². The molecule has 0 N–H and O–H groups in total. The van der Waals surface area contributed by atoms with Crippen LogP contribution in [-0.2, 0) is 9.53 Å². The lowest BCUT2D eigenvalue weighted by Crippen LogP contribution is -1.93. The molecule has 0 amide bonds. The number of halogens is 1. The van der Waals surface area contributed by atoms with Gasteiger partial charge in [0, 0.05) is 10.5 Å². The van der Waals surface area contributed by atoms with Crippen molar-refractivity contribution >= 4 is 28.0 Å². The Bertz CT molecular complexity index is 370. The molecule has 1 aromatic rings. The van der Waals surface area contributed by atoms with Gasteiger partial charge in [-0.1, -0.05) is 28.1 Å². The van der Waals surface area contributed by atoms with E-state index in [9.17, 15) is 4.79 Å². The number of rotatable bonds is 2. The van der Waals surface area contributed by atoms with E-state index in [0.717, 1.165) is 10.0 Å². The Hall–Kier alpha value is -1.09. The fraction of sp³-hybridized carbons (Fsp3) is 0.182. The van der Waals surface area contributed by atoms with Gasteiger partial charge in [-0.25, -0.2) is 4.79 Å². The molecule has 2 nitrogen and oxygen atoms in total. The Labute approximate surface area is 91.7 Å². The maximum atomic E-state index is 10.8. The van der Waals surface area contributed by atoms with E-state index in [1.165, 1.54) is 18.7 Å². The third kappa shape index (κ3) is 3.00. The van der Waals surface area contributed by atoms with Crippen molar-refractivity contribution in [2.45, 2.75) is 6.92 Å². The zero-order chi connectivity index (χ0) is 10.6. The van der Waals surface area contributed by atoms with Gasteiger partial charge in [0.2, 0.25) is 0 Å². The van der Waals surface area contributed by atoms with E-state index in [2.05, 4.69) is 20.7 Å². The summed E-state index contributed by atoms with van der Waals surface area (Å²) in [7, 11) is 1.36. The summed E-state index contributed by atoms with van der Waals surface area (Å²) in [6.07, 6.45) is 3.12. The number of benzene rings is 1. The maximum absolute atomic E-state index is 10.8. The van der Waals surface area contributed by atoms with Crippen molar-refractivity contribution in [3.8, 4) is 0 Å². The zero-order valence-electron chi connectivity index (χ0n) is 8.08. The summed E-state index contributed by atoms with van der Waals surface area (Å²) in [6.45, 7) is 2.01. The topological polar surface area (TPSA) is 26.3 Å². The SMILES string of the molecule is COC(=O)C=Cc1ccc(C)c(Br)c1. The van der Waals surface area contributed by atoms with Crippen LogP contribution in [0.15, 0.2) is 28.7 Å². The first-order valence-electron chi connectivity index (χ1n) is 4.15. The summed E-state index contributed by atoms with van der Waals surface area (Å²) < 4.78 is 5.52. The van der Waals surface area contributed by atoms with Crippen molar-refractivity contribution in [2.24, 2.45) is 0 Å². The van der Waals surface area contributed by atoms with E-state index in [4.69, 9.17) is 0 Å². The van der Waals surface area contributed by atoms with Gasteiger partial charge in [-0.05, 0) is 30.2 Å². The quantitative estimate of drug-likeness (QED) is 0.600. The van der Waals surface area contributed by atoms with Crippen LogP contribution in [0, 0.1) is 6.92 Å². The average Bonchev–Trinajstić information content (AvgIpc) is 2.19. The number of aryl methyl sites for hydroxylation is 1. The lowest BCUT2D eigenvalue weighted by molar-refractivity contribution is -0.134. The number of carbonyl (C=O) groups is 1. The molecule has 0 aliphatic carbocycles. The summed E-state index contributed by atoms with van der Waals surface area (Å²) in [6, 6.07) is 5.88. The number of methoxy groups -OCH3 is 1. The van der Waals surface area contributed by atoms with E-state index in [-0.39, 0.29) is 5.97 Å². The van der Waals surface area contributed by atoms with E-state index in [0.29, 0.717) is 0 Å². The molecule has 0 aliphatic heterocycles. The van der Waals surface area contributed by atoms with Crippen molar-refractivity contribution in [2.75, 3.05) is 7.11 Å². The minimum Gasteiger partial charge on any atom is -0.466 e. The highest BCUT2D eigenvalue weighted by molar-refractivity contribution is 9.10. The highest BCUT2D eigenvalue weighted by Gasteiger charge is 1.95. The number of ether oxygens (including phenoxy) is 1. The summed E-state index contributed by atoms with van der Waals surface area (Å²) in [5, 5.41) is 0. The van der Waals surface area contributed by atoms with Crippen LogP contribution >= 0.6 is 15.9 Å². The number of hydrogen-bond donors (Lipinski definition) is 0. The Morgan fingerprint density at radius 3 is 2.79 bits per heavy atom. The summed E-state index contributed by atoms with van der Waals surface area (Å²) in [4.78, 5) is 10.8. The van der Waals surface area contributed by atoms with Gasteiger partial charge in [-0.3, -0.25) is 0 Å². The second kappa shape index (κ2) is 4.96. The molecular formula is C11H11BrO2. The molecule has 14 heavy (non-hydrogen) atoms. The van der Waals surface area contributed by atoms with Crippen molar-refractivity contribution in [1.82, 2.24) is 0 Å². The van der Waals surface area contributed by atoms with E-state index in [1.54, 1.807) is 6.08 Å². The molecule has 0 saturated carbocycles. The van der Waals surface area contributed by atoms with Crippen LogP contribution in [0.3, 0.4) is 0 Å². The van der Waals surface area contributed by atoms with Crippen molar-refractivity contribution < 1.29 is 9.53 Å².